The highest BCUT2D eigenvalue weighted by atomic mass is 15.1. The molecule has 0 spiro atoms. The zero-order valence-electron chi connectivity index (χ0n) is 9.59. The Morgan fingerprint density at radius 1 is 0.857 bits per heavy atom. The Hall–Kier alpha value is -0.640. The van der Waals surface area contributed by atoms with E-state index in [0.29, 0.717) is 0 Å². The lowest BCUT2D eigenvalue weighted by Crippen LogP contribution is -2.18. The molecule has 0 atom stereocenters. The van der Waals surface area contributed by atoms with Crippen LogP contribution in [-0.2, 0) is 0 Å². The van der Waals surface area contributed by atoms with Crippen molar-refractivity contribution < 1.29 is 0 Å². The van der Waals surface area contributed by atoms with Crippen LogP contribution in [0, 0.1) is 0 Å². The number of rotatable bonds is 8. The molecule has 0 fully saturated rings. The number of likely N-dealkylation sites (N-methyl/N-ethyl adjacent to an activating group) is 3. The molecule has 0 radical (unpaired) electrons. The lowest BCUT2D eigenvalue weighted by atomic mass is 10.4. The van der Waals surface area contributed by atoms with Crippen LogP contribution >= 0.6 is 0 Å². The average molecular weight is 197 g/mol. The topological polar surface area (TPSA) is 27.3 Å². The Morgan fingerprint density at radius 2 is 1.29 bits per heavy atom. The van der Waals surface area contributed by atoms with Gasteiger partial charge in [0.2, 0.25) is 0 Å². The summed E-state index contributed by atoms with van der Waals surface area (Å²) in [6.07, 6.45) is 8.66. The Kier molecular flexibility index (Phi) is 9.96. The van der Waals surface area contributed by atoms with Crippen molar-refractivity contribution in [1.82, 2.24) is 15.5 Å². The molecule has 0 aromatic heterocycles. The predicted molar refractivity (Wildman–Crippen MR) is 63.6 cm³/mol. The summed E-state index contributed by atoms with van der Waals surface area (Å²) in [5.74, 6) is 0. The summed E-state index contributed by atoms with van der Waals surface area (Å²) >= 11 is 0. The second kappa shape index (κ2) is 10.4. The fourth-order valence-corrected chi connectivity index (χ4v) is 0.986. The van der Waals surface area contributed by atoms with E-state index in [0.717, 1.165) is 26.2 Å². The molecule has 0 unspecified atom stereocenters. The molecule has 0 amide bonds. The van der Waals surface area contributed by atoms with E-state index in [1.807, 2.05) is 14.1 Å². The van der Waals surface area contributed by atoms with E-state index in [1.54, 1.807) is 0 Å². The largest absolute Gasteiger partial charge is 0.316 e. The first kappa shape index (κ1) is 13.4. The minimum atomic E-state index is 0.948. The first-order valence-electron chi connectivity index (χ1n) is 5.09. The van der Waals surface area contributed by atoms with Crippen molar-refractivity contribution in [3.63, 3.8) is 0 Å². The van der Waals surface area contributed by atoms with Crippen molar-refractivity contribution in [3.8, 4) is 0 Å². The number of hydrogen-bond donors (Lipinski definition) is 2. The third kappa shape index (κ3) is 9.45. The van der Waals surface area contributed by atoms with Crippen LogP contribution in [0.1, 0.15) is 0 Å². The van der Waals surface area contributed by atoms with E-state index in [9.17, 15) is 0 Å². The summed E-state index contributed by atoms with van der Waals surface area (Å²) in [7, 11) is 6.02. The first-order chi connectivity index (χ1) is 6.81. The fraction of sp³-hybridized carbons (Fsp3) is 0.636. The van der Waals surface area contributed by atoms with Crippen molar-refractivity contribution in [3.05, 3.63) is 24.3 Å². The molecule has 0 aliphatic rings. The summed E-state index contributed by atoms with van der Waals surface area (Å²) in [4.78, 5) is 2.26. The highest BCUT2D eigenvalue weighted by molar-refractivity contribution is 4.90. The summed E-state index contributed by atoms with van der Waals surface area (Å²) in [5, 5.41) is 6.15. The molecule has 0 bridgehead atoms. The number of hydrogen-bond acceptors (Lipinski definition) is 3. The van der Waals surface area contributed by atoms with Crippen LogP contribution in [0.3, 0.4) is 0 Å². The van der Waals surface area contributed by atoms with Gasteiger partial charge < -0.3 is 10.6 Å². The first-order valence-corrected chi connectivity index (χ1v) is 5.09. The zero-order chi connectivity index (χ0) is 10.6. The van der Waals surface area contributed by atoms with Gasteiger partial charge in [-0.05, 0) is 21.1 Å². The van der Waals surface area contributed by atoms with Gasteiger partial charge >= 0.3 is 0 Å². The molecule has 0 aromatic rings. The Morgan fingerprint density at radius 3 is 1.64 bits per heavy atom. The highest BCUT2D eigenvalue weighted by Gasteiger charge is 1.89. The molecule has 0 aliphatic heterocycles. The van der Waals surface area contributed by atoms with Gasteiger partial charge in [0.15, 0.2) is 0 Å². The zero-order valence-corrected chi connectivity index (χ0v) is 9.59. The SMILES string of the molecule is CNC/C=C/CN(C)C/C=C/CNC. The van der Waals surface area contributed by atoms with E-state index in [1.165, 1.54) is 0 Å². The quantitative estimate of drug-likeness (QED) is 0.554. The van der Waals surface area contributed by atoms with Gasteiger partial charge in [-0.25, -0.2) is 0 Å². The van der Waals surface area contributed by atoms with Crippen molar-refractivity contribution in [2.24, 2.45) is 0 Å². The standard InChI is InChI=1S/C11H23N3/c1-12-8-4-6-10-14(3)11-7-5-9-13-2/h4-7,12-13H,8-11H2,1-3H3/b6-4+,7-5+. The summed E-state index contributed by atoms with van der Waals surface area (Å²) in [6, 6.07) is 0. The maximum Gasteiger partial charge on any atom is 0.0163 e. The van der Waals surface area contributed by atoms with Crippen molar-refractivity contribution in [1.29, 1.82) is 0 Å². The Balaban J connectivity index is 3.40. The maximum atomic E-state index is 3.07. The molecule has 0 saturated heterocycles. The van der Waals surface area contributed by atoms with Gasteiger partial charge in [-0.15, -0.1) is 0 Å². The van der Waals surface area contributed by atoms with Crippen LogP contribution < -0.4 is 10.6 Å². The molecular formula is C11H23N3. The third-order valence-corrected chi connectivity index (χ3v) is 1.81. The molecule has 0 aliphatic carbocycles. The second-order valence-electron chi connectivity index (χ2n) is 3.28. The Bertz CT molecular complexity index is 146. The lowest BCUT2D eigenvalue weighted by molar-refractivity contribution is 0.412. The van der Waals surface area contributed by atoms with Crippen LogP contribution in [-0.4, -0.2) is 52.2 Å². The van der Waals surface area contributed by atoms with Crippen LogP contribution in [0.2, 0.25) is 0 Å². The molecule has 0 heterocycles. The van der Waals surface area contributed by atoms with E-state index in [4.69, 9.17) is 0 Å². The lowest BCUT2D eigenvalue weighted by Gasteiger charge is -2.10. The average Bonchev–Trinajstić information content (AvgIpc) is 2.19. The van der Waals surface area contributed by atoms with Crippen LogP contribution in [0.5, 0.6) is 0 Å². The summed E-state index contributed by atoms with van der Waals surface area (Å²) < 4.78 is 0. The van der Waals surface area contributed by atoms with Gasteiger partial charge in [-0.2, -0.15) is 0 Å². The van der Waals surface area contributed by atoms with Gasteiger partial charge in [0.1, 0.15) is 0 Å². The summed E-state index contributed by atoms with van der Waals surface area (Å²) in [6.45, 7) is 3.91. The molecule has 3 nitrogen and oxygen atoms in total. The minimum absolute atomic E-state index is 0.948. The van der Waals surface area contributed by atoms with Crippen LogP contribution in [0.4, 0.5) is 0 Å². The van der Waals surface area contributed by atoms with Crippen molar-refractivity contribution in [2.45, 2.75) is 0 Å². The molecule has 3 heteroatoms. The highest BCUT2D eigenvalue weighted by Crippen LogP contribution is 1.84. The molecule has 2 N–H and O–H groups in total. The van der Waals surface area contributed by atoms with Gasteiger partial charge in [0.05, 0.1) is 0 Å². The molecule has 82 valence electrons. The minimum Gasteiger partial charge on any atom is -0.316 e. The van der Waals surface area contributed by atoms with Gasteiger partial charge in [-0.1, -0.05) is 24.3 Å². The number of nitrogens with zero attached hydrogens (tertiary/aromatic N) is 1. The van der Waals surface area contributed by atoms with Crippen molar-refractivity contribution in [2.75, 3.05) is 47.3 Å². The van der Waals surface area contributed by atoms with Crippen LogP contribution in [0.25, 0.3) is 0 Å². The van der Waals surface area contributed by atoms with Crippen LogP contribution in [0.15, 0.2) is 24.3 Å². The van der Waals surface area contributed by atoms with Gasteiger partial charge in [0, 0.05) is 26.2 Å². The molecule has 0 rings (SSSR count). The van der Waals surface area contributed by atoms with E-state index >= 15 is 0 Å². The smallest absolute Gasteiger partial charge is 0.0163 e. The van der Waals surface area contributed by atoms with Crippen molar-refractivity contribution >= 4 is 0 Å². The van der Waals surface area contributed by atoms with Gasteiger partial charge in [0.25, 0.3) is 0 Å². The van der Waals surface area contributed by atoms with E-state index < -0.39 is 0 Å². The Labute approximate surface area is 87.9 Å². The fourth-order valence-electron chi connectivity index (χ4n) is 0.986. The second-order valence-corrected chi connectivity index (χ2v) is 3.28. The maximum absolute atomic E-state index is 3.07. The molecule has 0 aromatic carbocycles. The molecule has 14 heavy (non-hydrogen) atoms. The summed E-state index contributed by atoms with van der Waals surface area (Å²) in [5.41, 5.74) is 0. The van der Waals surface area contributed by atoms with Gasteiger partial charge in [-0.3, -0.25) is 4.90 Å². The molecular weight excluding hydrogens is 174 g/mol. The van der Waals surface area contributed by atoms with E-state index in [-0.39, 0.29) is 0 Å². The normalized spacial score (nSPS) is 12.3. The van der Waals surface area contributed by atoms with E-state index in [2.05, 4.69) is 46.9 Å². The molecule has 0 saturated carbocycles. The third-order valence-electron chi connectivity index (χ3n) is 1.81. The monoisotopic (exact) mass is 197 g/mol. The predicted octanol–water partition coefficient (Wildman–Crippen LogP) is 0.469. The number of nitrogens with one attached hydrogen (secondary N) is 2.